The lowest BCUT2D eigenvalue weighted by Crippen LogP contribution is -2.32. The Morgan fingerprint density at radius 3 is 2.76 bits per heavy atom. The predicted octanol–water partition coefficient (Wildman–Crippen LogP) is 2.73. The van der Waals surface area contributed by atoms with Crippen LogP contribution in [0.1, 0.15) is 29.2 Å². The second kappa shape index (κ2) is 6.41. The number of thiophene rings is 1. The first-order chi connectivity index (χ1) is 9.90. The van der Waals surface area contributed by atoms with Crippen LogP contribution in [-0.4, -0.2) is 34.2 Å². The highest BCUT2D eigenvalue weighted by Crippen LogP contribution is 2.23. The predicted molar refractivity (Wildman–Crippen MR) is 86.7 cm³/mol. The van der Waals surface area contributed by atoms with Gasteiger partial charge in [0.15, 0.2) is 0 Å². The highest BCUT2D eigenvalue weighted by atomic mass is 32.1. The maximum atomic E-state index is 12.2. The number of nitrogens with one attached hydrogen (secondary N) is 1. The van der Waals surface area contributed by atoms with Crippen LogP contribution in [0.3, 0.4) is 0 Å². The highest BCUT2D eigenvalue weighted by molar-refractivity contribution is 7.10. The molecule has 1 N–H and O–H groups in total. The summed E-state index contributed by atoms with van der Waals surface area (Å²) in [5.74, 6) is -0.0138. The van der Waals surface area contributed by atoms with Crippen LogP contribution in [0.15, 0.2) is 17.5 Å². The molecular weight excluding hydrogens is 284 g/mol. The van der Waals surface area contributed by atoms with E-state index >= 15 is 0 Å². The lowest BCUT2D eigenvalue weighted by molar-refractivity contribution is -0.117. The third-order valence-electron chi connectivity index (χ3n) is 3.78. The fourth-order valence-corrected chi connectivity index (χ4v) is 3.09. The Balaban J connectivity index is 1.98. The Labute approximate surface area is 129 Å². The summed E-state index contributed by atoms with van der Waals surface area (Å²) in [6.45, 7) is 6.32. The van der Waals surface area contributed by atoms with Gasteiger partial charge in [-0.3, -0.25) is 14.4 Å². The Morgan fingerprint density at radius 2 is 2.24 bits per heavy atom. The van der Waals surface area contributed by atoms with Gasteiger partial charge in [-0.25, -0.2) is 0 Å². The average molecular weight is 306 g/mol. The smallest absolute Gasteiger partial charge is 0.238 e. The number of carbonyl (C=O) groups is 1. The molecule has 2 aromatic rings. The first-order valence-electron chi connectivity index (χ1n) is 6.93. The van der Waals surface area contributed by atoms with Gasteiger partial charge < -0.3 is 5.32 Å². The van der Waals surface area contributed by atoms with Gasteiger partial charge in [-0.15, -0.1) is 11.3 Å². The van der Waals surface area contributed by atoms with Crippen LogP contribution in [0.2, 0.25) is 0 Å². The van der Waals surface area contributed by atoms with Crippen molar-refractivity contribution in [2.45, 2.75) is 26.8 Å². The molecule has 1 atom stereocenters. The first-order valence-corrected chi connectivity index (χ1v) is 7.81. The third kappa shape index (κ3) is 3.51. The Morgan fingerprint density at radius 1 is 1.52 bits per heavy atom. The van der Waals surface area contributed by atoms with Crippen molar-refractivity contribution in [3.8, 4) is 0 Å². The standard InChI is InChI=1S/C15H22N4OS/c1-10-15(12(3)19(5)17-10)16-14(20)9-18(4)11(2)13-7-6-8-21-13/h6-8,11H,9H2,1-5H3,(H,16,20). The van der Waals surface area contributed by atoms with Gasteiger partial charge >= 0.3 is 0 Å². The topological polar surface area (TPSA) is 50.2 Å². The maximum absolute atomic E-state index is 12.2. The van der Waals surface area contributed by atoms with Gasteiger partial charge in [0.2, 0.25) is 5.91 Å². The summed E-state index contributed by atoms with van der Waals surface area (Å²) >= 11 is 1.71. The van der Waals surface area contributed by atoms with Gasteiger partial charge in [0.25, 0.3) is 0 Å². The molecule has 6 heteroatoms. The van der Waals surface area contributed by atoms with E-state index in [1.807, 2.05) is 38.9 Å². The summed E-state index contributed by atoms with van der Waals surface area (Å²) in [5, 5.41) is 9.34. The zero-order valence-electron chi connectivity index (χ0n) is 13.2. The van der Waals surface area contributed by atoms with Gasteiger partial charge in [0.05, 0.1) is 23.6 Å². The largest absolute Gasteiger partial charge is 0.322 e. The Hall–Kier alpha value is -1.66. The molecule has 1 unspecified atom stereocenters. The quantitative estimate of drug-likeness (QED) is 0.924. The zero-order chi connectivity index (χ0) is 15.6. The molecule has 2 heterocycles. The summed E-state index contributed by atoms with van der Waals surface area (Å²) in [6, 6.07) is 4.36. The average Bonchev–Trinajstić information content (AvgIpc) is 3.03. The minimum atomic E-state index is -0.0138. The van der Waals surface area contributed by atoms with Gasteiger partial charge in [0, 0.05) is 18.0 Å². The summed E-state index contributed by atoms with van der Waals surface area (Å²) in [5.41, 5.74) is 2.63. The Kier molecular flexibility index (Phi) is 4.80. The van der Waals surface area contributed by atoms with Crippen LogP contribution >= 0.6 is 11.3 Å². The van der Waals surface area contributed by atoms with E-state index < -0.39 is 0 Å². The molecule has 0 saturated heterocycles. The van der Waals surface area contributed by atoms with Crippen LogP contribution < -0.4 is 5.32 Å². The van der Waals surface area contributed by atoms with E-state index in [1.165, 1.54) is 4.88 Å². The molecule has 0 aromatic carbocycles. The van der Waals surface area contributed by atoms with Gasteiger partial charge in [-0.1, -0.05) is 6.07 Å². The number of anilines is 1. The highest BCUT2D eigenvalue weighted by Gasteiger charge is 2.17. The van der Waals surface area contributed by atoms with E-state index in [4.69, 9.17) is 0 Å². The molecule has 1 amide bonds. The number of likely N-dealkylation sites (N-methyl/N-ethyl adjacent to an activating group) is 1. The minimum absolute atomic E-state index is 0.0138. The van der Waals surface area contributed by atoms with E-state index in [9.17, 15) is 4.79 Å². The molecule has 21 heavy (non-hydrogen) atoms. The van der Waals surface area contributed by atoms with Crippen molar-refractivity contribution in [1.82, 2.24) is 14.7 Å². The number of amides is 1. The van der Waals surface area contributed by atoms with Crippen molar-refractivity contribution in [2.75, 3.05) is 18.9 Å². The van der Waals surface area contributed by atoms with Crippen molar-refractivity contribution in [1.29, 1.82) is 0 Å². The molecule has 0 aliphatic heterocycles. The minimum Gasteiger partial charge on any atom is -0.322 e. The van der Waals surface area contributed by atoms with Crippen LogP contribution in [0.25, 0.3) is 0 Å². The molecule has 0 fully saturated rings. The number of aromatic nitrogens is 2. The molecular formula is C15H22N4OS. The van der Waals surface area contributed by atoms with Crippen LogP contribution in [0.5, 0.6) is 0 Å². The molecule has 0 aliphatic carbocycles. The number of aryl methyl sites for hydroxylation is 2. The summed E-state index contributed by atoms with van der Waals surface area (Å²) in [7, 11) is 3.84. The fourth-order valence-electron chi connectivity index (χ4n) is 2.24. The van der Waals surface area contributed by atoms with Gasteiger partial charge in [-0.05, 0) is 39.3 Å². The molecule has 0 radical (unpaired) electrons. The summed E-state index contributed by atoms with van der Waals surface area (Å²) in [6.07, 6.45) is 0. The molecule has 2 aromatic heterocycles. The molecule has 114 valence electrons. The number of nitrogens with zero attached hydrogens (tertiary/aromatic N) is 3. The van der Waals surface area contributed by atoms with Gasteiger partial charge in [0.1, 0.15) is 0 Å². The van der Waals surface area contributed by atoms with Crippen molar-refractivity contribution in [2.24, 2.45) is 7.05 Å². The van der Waals surface area contributed by atoms with Crippen molar-refractivity contribution in [3.05, 3.63) is 33.8 Å². The lowest BCUT2D eigenvalue weighted by Gasteiger charge is -2.23. The fraction of sp³-hybridized carbons (Fsp3) is 0.467. The molecule has 0 spiro atoms. The van der Waals surface area contributed by atoms with Crippen LogP contribution in [0, 0.1) is 13.8 Å². The van der Waals surface area contributed by atoms with Crippen molar-refractivity contribution >= 4 is 22.9 Å². The molecule has 0 bridgehead atoms. The Bertz CT molecular complexity index is 618. The molecule has 2 rings (SSSR count). The number of carbonyl (C=O) groups excluding carboxylic acids is 1. The van der Waals surface area contributed by atoms with E-state index in [0.29, 0.717) is 6.54 Å². The number of hydrogen-bond acceptors (Lipinski definition) is 4. The summed E-state index contributed by atoms with van der Waals surface area (Å²) in [4.78, 5) is 15.5. The molecule has 5 nitrogen and oxygen atoms in total. The van der Waals surface area contributed by atoms with E-state index in [2.05, 4.69) is 28.8 Å². The lowest BCUT2D eigenvalue weighted by atomic mass is 10.2. The van der Waals surface area contributed by atoms with Gasteiger partial charge in [-0.2, -0.15) is 5.10 Å². The van der Waals surface area contributed by atoms with Crippen LogP contribution in [0.4, 0.5) is 5.69 Å². The monoisotopic (exact) mass is 306 g/mol. The van der Waals surface area contributed by atoms with E-state index in [0.717, 1.165) is 17.1 Å². The van der Waals surface area contributed by atoms with E-state index in [-0.39, 0.29) is 11.9 Å². The second-order valence-corrected chi connectivity index (χ2v) is 6.30. The second-order valence-electron chi connectivity index (χ2n) is 5.32. The number of hydrogen-bond donors (Lipinski definition) is 1. The van der Waals surface area contributed by atoms with E-state index in [1.54, 1.807) is 16.0 Å². The van der Waals surface area contributed by atoms with Crippen molar-refractivity contribution < 1.29 is 4.79 Å². The molecule has 0 saturated carbocycles. The summed E-state index contributed by atoms with van der Waals surface area (Å²) < 4.78 is 1.78. The number of rotatable bonds is 5. The molecule has 0 aliphatic rings. The zero-order valence-corrected chi connectivity index (χ0v) is 14.0. The third-order valence-corrected chi connectivity index (χ3v) is 4.83. The van der Waals surface area contributed by atoms with Crippen LogP contribution in [-0.2, 0) is 11.8 Å². The normalized spacial score (nSPS) is 12.7. The SMILES string of the molecule is Cc1nn(C)c(C)c1NC(=O)CN(C)C(C)c1cccs1. The van der Waals surface area contributed by atoms with Crippen molar-refractivity contribution in [3.63, 3.8) is 0 Å². The first kappa shape index (κ1) is 15.7. The maximum Gasteiger partial charge on any atom is 0.238 e.